The van der Waals surface area contributed by atoms with Crippen LogP contribution < -0.4 is 5.73 Å². The van der Waals surface area contributed by atoms with Crippen LogP contribution in [0.3, 0.4) is 0 Å². The number of pyridine rings is 1. The van der Waals surface area contributed by atoms with Crippen LogP contribution in [0.2, 0.25) is 0 Å². The maximum Gasteiger partial charge on any atom is 0.0543 e. The maximum absolute atomic E-state index is 5.66. The molecule has 4 nitrogen and oxygen atoms in total. The van der Waals surface area contributed by atoms with Gasteiger partial charge in [-0.25, -0.2) is 0 Å². The predicted octanol–water partition coefficient (Wildman–Crippen LogP) is 0.546. The van der Waals surface area contributed by atoms with Gasteiger partial charge in [0, 0.05) is 38.4 Å². The molecule has 0 aliphatic carbocycles. The molecule has 94 valence electrons. The summed E-state index contributed by atoms with van der Waals surface area (Å²) in [7, 11) is 2.19. The third kappa shape index (κ3) is 3.49. The lowest BCUT2D eigenvalue weighted by molar-refractivity contribution is 0.0861. The van der Waals surface area contributed by atoms with Crippen LogP contribution in [0.5, 0.6) is 0 Å². The van der Waals surface area contributed by atoms with Crippen molar-refractivity contribution < 1.29 is 0 Å². The molecule has 0 spiro atoms. The molecule has 1 aromatic heterocycles. The SMILES string of the molecule is CN1CCN(Cc2ccccn2)CC1CCN. The lowest BCUT2D eigenvalue weighted by Gasteiger charge is -2.39. The van der Waals surface area contributed by atoms with Crippen molar-refractivity contribution in [2.24, 2.45) is 5.73 Å². The lowest BCUT2D eigenvalue weighted by Crippen LogP contribution is -2.51. The van der Waals surface area contributed by atoms with Crippen LogP contribution in [0.25, 0.3) is 0 Å². The fourth-order valence-corrected chi connectivity index (χ4v) is 2.38. The molecule has 1 aromatic rings. The van der Waals surface area contributed by atoms with E-state index in [1.165, 1.54) is 0 Å². The summed E-state index contributed by atoms with van der Waals surface area (Å²) in [4.78, 5) is 9.28. The van der Waals surface area contributed by atoms with Crippen molar-refractivity contribution in [3.05, 3.63) is 30.1 Å². The van der Waals surface area contributed by atoms with Gasteiger partial charge in [0.25, 0.3) is 0 Å². The summed E-state index contributed by atoms with van der Waals surface area (Å²) < 4.78 is 0. The van der Waals surface area contributed by atoms with Gasteiger partial charge in [-0.3, -0.25) is 9.88 Å². The first-order valence-corrected chi connectivity index (χ1v) is 6.32. The van der Waals surface area contributed by atoms with Gasteiger partial charge in [0.05, 0.1) is 5.69 Å². The molecule has 1 fully saturated rings. The number of nitrogens with two attached hydrogens (primary N) is 1. The quantitative estimate of drug-likeness (QED) is 0.826. The Balaban J connectivity index is 1.90. The number of piperazine rings is 1. The van der Waals surface area contributed by atoms with Crippen LogP contribution in [-0.4, -0.2) is 54.1 Å². The Labute approximate surface area is 103 Å². The molecule has 2 rings (SSSR count). The summed E-state index contributed by atoms with van der Waals surface area (Å²) in [6, 6.07) is 6.70. The van der Waals surface area contributed by atoms with E-state index in [1.54, 1.807) is 0 Å². The standard InChI is InChI=1S/C13H22N4/c1-16-8-9-17(11-13(16)5-6-14)10-12-4-2-3-7-15-12/h2-4,7,13H,5-6,8-11,14H2,1H3. The highest BCUT2D eigenvalue weighted by molar-refractivity contribution is 5.03. The highest BCUT2D eigenvalue weighted by Gasteiger charge is 2.23. The van der Waals surface area contributed by atoms with E-state index in [0.29, 0.717) is 6.04 Å². The number of aromatic nitrogens is 1. The van der Waals surface area contributed by atoms with Gasteiger partial charge in [-0.2, -0.15) is 0 Å². The average Bonchev–Trinajstić information content (AvgIpc) is 2.35. The first-order chi connectivity index (χ1) is 8.29. The second-order valence-electron chi connectivity index (χ2n) is 4.77. The summed E-state index contributed by atoms with van der Waals surface area (Å²) in [6.07, 6.45) is 2.94. The molecule has 1 aliphatic rings. The van der Waals surface area contributed by atoms with Crippen LogP contribution in [0, 0.1) is 0 Å². The Morgan fingerprint density at radius 1 is 1.41 bits per heavy atom. The normalized spacial score (nSPS) is 22.8. The van der Waals surface area contributed by atoms with Gasteiger partial charge in [0.15, 0.2) is 0 Å². The van der Waals surface area contributed by atoms with Crippen molar-refractivity contribution in [2.75, 3.05) is 33.2 Å². The zero-order valence-corrected chi connectivity index (χ0v) is 10.5. The van der Waals surface area contributed by atoms with Crippen molar-refractivity contribution in [3.63, 3.8) is 0 Å². The van der Waals surface area contributed by atoms with Crippen molar-refractivity contribution in [3.8, 4) is 0 Å². The number of rotatable bonds is 4. The monoisotopic (exact) mass is 234 g/mol. The van der Waals surface area contributed by atoms with Crippen molar-refractivity contribution in [2.45, 2.75) is 19.0 Å². The summed E-state index contributed by atoms with van der Waals surface area (Å²) >= 11 is 0. The minimum atomic E-state index is 0.595. The van der Waals surface area contributed by atoms with Gasteiger partial charge < -0.3 is 10.6 Å². The minimum Gasteiger partial charge on any atom is -0.330 e. The fraction of sp³-hybridized carbons (Fsp3) is 0.615. The third-order valence-electron chi connectivity index (χ3n) is 3.47. The molecule has 0 saturated carbocycles. The second-order valence-corrected chi connectivity index (χ2v) is 4.77. The number of hydrogen-bond acceptors (Lipinski definition) is 4. The molecule has 17 heavy (non-hydrogen) atoms. The van der Waals surface area contributed by atoms with Crippen LogP contribution in [0.15, 0.2) is 24.4 Å². The van der Waals surface area contributed by atoms with Gasteiger partial charge in [-0.1, -0.05) is 6.07 Å². The Morgan fingerprint density at radius 2 is 2.29 bits per heavy atom. The Hall–Kier alpha value is -0.970. The molecule has 0 aromatic carbocycles. The molecule has 4 heteroatoms. The first-order valence-electron chi connectivity index (χ1n) is 6.32. The molecule has 0 radical (unpaired) electrons. The van der Waals surface area contributed by atoms with Crippen molar-refractivity contribution in [1.29, 1.82) is 0 Å². The zero-order valence-electron chi connectivity index (χ0n) is 10.5. The molecule has 1 aliphatic heterocycles. The Bertz CT molecular complexity index is 327. The Morgan fingerprint density at radius 3 is 3.00 bits per heavy atom. The first kappa shape index (κ1) is 12.5. The summed E-state index contributed by atoms with van der Waals surface area (Å²) in [5.74, 6) is 0. The van der Waals surface area contributed by atoms with Gasteiger partial charge in [0.2, 0.25) is 0 Å². The molecule has 1 atom stereocenters. The topological polar surface area (TPSA) is 45.4 Å². The highest BCUT2D eigenvalue weighted by atomic mass is 15.3. The number of likely N-dealkylation sites (N-methyl/N-ethyl adjacent to an activating group) is 1. The highest BCUT2D eigenvalue weighted by Crippen LogP contribution is 2.12. The van der Waals surface area contributed by atoms with E-state index in [1.807, 2.05) is 12.3 Å². The lowest BCUT2D eigenvalue weighted by atomic mass is 10.1. The van der Waals surface area contributed by atoms with E-state index in [2.05, 4.69) is 34.0 Å². The minimum absolute atomic E-state index is 0.595. The Kier molecular flexibility index (Phi) is 4.48. The van der Waals surface area contributed by atoms with E-state index in [4.69, 9.17) is 5.73 Å². The van der Waals surface area contributed by atoms with Crippen LogP contribution in [0.4, 0.5) is 0 Å². The smallest absolute Gasteiger partial charge is 0.0543 e. The number of nitrogens with zero attached hydrogens (tertiary/aromatic N) is 3. The summed E-state index contributed by atoms with van der Waals surface area (Å²) in [6.45, 7) is 5.07. The molecule has 1 saturated heterocycles. The van der Waals surface area contributed by atoms with E-state index in [-0.39, 0.29) is 0 Å². The largest absolute Gasteiger partial charge is 0.330 e. The van der Waals surface area contributed by atoms with Crippen LogP contribution in [-0.2, 0) is 6.54 Å². The van der Waals surface area contributed by atoms with Crippen LogP contribution >= 0.6 is 0 Å². The number of hydrogen-bond donors (Lipinski definition) is 1. The summed E-state index contributed by atoms with van der Waals surface area (Å²) in [5, 5.41) is 0. The van der Waals surface area contributed by atoms with Gasteiger partial charge in [-0.05, 0) is 32.1 Å². The van der Waals surface area contributed by atoms with Gasteiger partial charge >= 0.3 is 0 Å². The van der Waals surface area contributed by atoms with Crippen molar-refractivity contribution in [1.82, 2.24) is 14.8 Å². The summed E-state index contributed by atoms with van der Waals surface area (Å²) in [5.41, 5.74) is 6.82. The van der Waals surface area contributed by atoms with E-state index >= 15 is 0 Å². The molecule has 0 bridgehead atoms. The maximum atomic E-state index is 5.66. The van der Waals surface area contributed by atoms with Crippen LogP contribution in [0.1, 0.15) is 12.1 Å². The average molecular weight is 234 g/mol. The van der Waals surface area contributed by atoms with E-state index in [9.17, 15) is 0 Å². The van der Waals surface area contributed by atoms with Crippen molar-refractivity contribution >= 4 is 0 Å². The predicted molar refractivity (Wildman–Crippen MR) is 69.6 cm³/mol. The van der Waals surface area contributed by atoms with E-state index in [0.717, 1.165) is 44.8 Å². The third-order valence-corrected chi connectivity index (χ3v) is 3.47. The molecule has 2 heterocycles. The fourth-order valence-electron chi connectivity index (χ4n) is 2.38. The molecule has 1 unspecified atom stereocenters. The molecule has 2 N–H and O–H groups in total. The second kappa shape index (κ2) is 6.10. The van der Waals surface area contributed by atoms with E-state index < -0.39 is 0 Å². The van der Waals surface area contributed by atoms with Gasteiger partial charge in [0.1, 0.15) is 0 Å². The molecular weight excluding hydrogens is 212 g/mol. The van der Waals surface area contributed by atoms with Gasteiger partial charge in [-0.15, -0.1) is 0 Å². The zero-order chi connectivity index (χ0) is 12.1. The molecule has 0 amide bonds. The molecular formula is C13H22N4.